The molecule has 5 heteroatoms. The number of phenols is 1. The molecule has 2 aromatic carbocycles. The van der Waals surface area contributed by atoms with E-state index in [-0.39, 0.29) is 17.8 Å². The highest BCUT2D eigenvalue weighted by atomic mass is 16.5. The molecular formula is C21H26N2O3. The maximum Gasteiger partial charge on any atom is 0.255 e. The van der Waals surface area contributed by atoms with Crippen LogP contribution in [0.5, 0.6) is 5.75 Å². The lowest BCUT2D eigenvalue weighted by atomic mass is 10.1. The minimum atomic E-state index is -0.262. The second-order valence-corrected chi connectivity index (χ2v) is 6.63. The van der Waals surface area contributed by atoms with Gasteiger partial charge in [0.1, 0.15) is 5.75 Å². The van der Waals surface area contributed by atoms with Gasteiger partial charge in [-0.25, -0.2) is 0 Å². The summed E-state index contributed by atoms with van der Waals surface area (Å²) in [5.74, 6) is -0.253. The molecule has 0 spiro atoms. The highest BCUT2D eigenvalue weighted by Gasteiger charge is 2.22. The highest BCUT2D eigenvalue weighted by Crippen LogP contribution is 2.19. The fourth-order valence-corrected chi connectivity index (χ4v) is 3.18. The van der Waals surface area contributed by atoms with Crippen LogP contribution in [0.15, 0.2) is 48.5 Å². The van der Waals surface area contributed by atoms with Crippen molar-refractivity contribution in [2.24, 2.45) is 0 Å². The number of carbonyl (C=O) groups excluding carboxylic acids is 1. The maximum atomic E-state index is 12.4. The van der Waals surface area contributed by atoms with Gasteiger partial charge >= 0.3 is 0 Å². The second-order valence-electron chi connectivity index (χ2n) is 6.63. The molecule has 1 aliphatic rings. The van der Waals surface area contributed by atoms with E-state index in [9.17, 15) is 9.90 Å². The molecule has 2 aromatic rings. The number of hydrogen-bond donors (Lipinski definition) is 2. The molecule has 5 nitrogen and oxygen atoms in total. The van der Waals surface area contributed by atoms with Gasteiger partial charge in [-0.2, -0.15) is 0 Å². The molecule has 1 saturated heterocycles. The van der Waals surface area contributed by atoms with Crippen LogP contribution in [-0.2, 0) is 17.7 Å². The average molecular weight is 354 g/mol. The van der Waals surface area contributed by atoms with Crippen LogP contribution < -0.4 is 5.32 Å². The first-order valence-corrected chi connectivity index (χ1v) is 9.13. The molecule has 1 unspecified atom stereocenters. The molecule has 1 fully saturated rings. The lowest BCUT2D eigenvalue weighted by Gasteiger charge is -2.33. The molecule has 0 bridgehead atoms. The summed E-state index contributed by atoms with van der Waals surface area (Å²) in [6, 6.07) is 15.5. The van der Waals surface area contributed by atoms with E-state index in [1.807, 2.05) is 31.2 Å². The molecule has 2 N–H and O–H groups in total. The number of aromatic hydroxyl groups is 1. The summed E-state index contributed by atoms with van der Waals surface area (Å²) in [7, 11) is 0. The monoisotopic (exact) mass is 354 g/mol. The number of nitrogens with zero attached hydrogens (tertiary/aromatic N) is 1. The molecule has 26 heavy (non-hydrogen) atoms. The Hall–Kier alpha value is -2.37. The van der Waals surface area contributed by atoms with Crippen molar-refractivity contribution in [3.8, 4) is 5.75 Å². The third-order valence-electron chi connectivity index (χ3n) is 4.68. The Morgan fingerprint density at radius 2 is 2.04 bits per heavy atom. The highest BCUT2D eigenvalue weighted by molar-refractivity contribution is 5.97. The van der Waals surface area contributed by atoms with Crippen LogP contribution >= 0.6 is 0 Å². The van der Waals surface area contributed by atoms with Crippen molar-refractivity contribution in [3.05, 3.63) is 65.2 Å². The summed E-state index contributed by atoms with van der Waals surface area (Å²) < 4.78 is 5.79. The molecule has 0 radical (unpaired) electrons. The lowest BCUT2D eigenvalue weighted by molar-refractivity contribution is -0.0292. The molecular weight excluding hydrogens is 328 g/mol. The zero-order chi connectivity index (χ0) is 18.4. The van der Waals surface area contributed by atoms with E-state index < -0.39 is 0 Å². The van der Waals surface area contributed by atoms with Gasteiger partial charge in [-0.05, 0) is 29.7 Å². The SMILES string of the molecule is CCc1ccc(O)c(C(=O)NCC2CN(Cc3ccccc3)CCO2)c1. The van der Waals surface area contributed by atoms with Gasteiger partial charge in [0.05, 0.1) is 18.3 Å². The molecule has 3 rings (SSSR count). The Labute approximate surface area is 154 Å². The van der Waals surface area contributed by atoms with Crippen LogP contribution in [0.3, 0.4) is 0 Å². The van der Waals surface area contributed by atoms with E-state index in [1.165, 1.54) is 5.56 Å². The van der Waals surface area contributed by atoms with Crippen LogP contribution in [0.2, 0.25) is 0 Å². The van der Waals surface area contributed by atoms with Crippen molar-refractivity contribution in [2.75, 3.05) is 26.2 Å². The summed E-state index contributed by atoms with van der Waals surface area (Å²) in [5, 5.41) is 12.8. The topological polar surface area (TPSA) is 61.8 Å². The minimum absolute atomic E-state index is 0.00923. The van der Waals surface area contributed by atoms with Crippen LogP contribution in [0.4, 0.5) is 0 Å². The minimum Gasteiger partial charge on any atom is -0.507 e. The Kier molecular flexibility index (Phi) is 6.26. The number of aryl methyl sites for hydroxylation is 1. The number of benzene rings is 2. The van der Waals surface area contributed by atoms with E-state index in [1.54, 1.807) is 12.1 Å². The first-order valence-electron chi connectivity index (χ1n) is 9.13. The average Bonchev–Trinajstić information content (AvgIpc) is 2.67. The van der Waals surface area contributed by atoms with Crippen molar-refractivity contribution in [2.45, 2.75) is 26.0 Å². The second kappa shape index (κ2) is 8.83. The van der Waals surface area contributed by atoms with E-state index in [0.717, 1.165) is 31.6 Å². The van der Waals surface area contributed by atoms with Gasteiger partial charge in [0, 0.05) is 26.2 Å². The molecule has 1 amide bonds. The largest absolute Gasteiger partial charge is 0.507 e. The van der Waals surface area contributed by atoms with Gasteiger partial charge < -0.3 is 15.2 Å². The van der Waals surface area contributed by atoms with E-state index in [0.29, 0.717) is 18.7 Å². The molecule has 1 heterocycles. The van der Waals surface area contributed by atoms with Gasteiger partial charge in [-0.1, -0.05) is 43.3 Å². The lowest BCUT2D eigenvalue weighted by Crippen LogP contribution is -2.47. The first kappa shape index (κ1) is 18.4. The van der Waals surface area contributed by atoms with Gasteiger partial charge in [0.15, 0.2) is 0 Å². The van der Waals surface area contributed by atoms with E-state index in [4.69, 9.17) is 4.74 Å². The van der Waals surface area contributed by atoms with E-state index in [2.05, 4.69) is 22.3 Å². The number of nitrogens with one attached hydrogen (secondary N) is 1. The van der Waals surface area contributed by atoms with Gasteiger partial charge in [-0.15, -0.1) is 0 Å². The van der Waals surface area contributed by atoms with Crippen molar-refractivity contribution in [3.63, 3.8) is 0 Å². The van der Waals surface area contributed by atoms with Crippen molar-refractivity contribution in [1.82, 2.24) is 10.2 Å². The molecule has 1 aliphatic heterocycles. The Bertz CT molecular complexity index is 733. The predicted molar refractivity (Wildman–Crippen MR) is 101 cm³/mol. The first-order chi connectivity index (χ1) is 12.7. The van der Waals surface area contributed by atoms with Crippen molar-refractivity contribution >= 4 is 5.91 Å². The molecule has 0 aliphatic carbocycles. The summed E-state index contributed by atoms with van der Waals surface area (Å²) in [4.78, 5) is 14.7. The van der Waals surface area contributed by atoms with Crippen molar-refractivity contribution < 1.29 is 14.6 Å². The molecule has 138 valence electrons. The normalized spacial score (nSPS) is 17.8. The Morgan fingerprint density at radius 3 is 2.81 bits per heavy atom. The van der Waals surface area contributed by atoms with Crippen LogP contribution in [0, 0.1) is 0 Å². The standard InChI is InChI=1S/C21H26N2O3/c1-2-16-8-9-20(24)19(12-16)21(25)22-13-18-15-23(10-11-26-18)14-17-6-4-3-5-7-17/h3-9,12,18,24H,2,10-11,13-15H2,1H3,(H,22,25). The third-order valence-corrected chi connectivity index (χ3v) is 4.68. The molecule has 0 saturated carbocycles. The fraction of sp³-hybridized carbons (Fsp3) is 0.381. The number of amides is 1. The molecule has 0 aromatic heterocycles. The number of ether oxygens (including phenoxy) is 1. The quantitative estimate of drug-likeness (QED) is 0.837. The summed E-state index contributed by atoms with van der Waals surface area (Å²) in [6.45, 7) is 5.65. The maximum absolute atomic E-state index is 12.4. The zero-order valence-corrected chi connectivity index (χ0v) is 15.1. The third kappa shape index (κ3) is 4.84. The zero-order valence-electron chi connectivity index (χ0n) is 15.1. The van der Waals surface area contributed by atoms with Crippen LogP contribution in [0.1, 0.15) is 28.4 Å². The number of carbonyl (C=O) groups is 1. The van der Waals surface area contributed by atoms with Crippen LogP contribution in [-0.4, -0.2) is 48.3 Å². The Morgan fingerprint density at radius 1 is 1.23 bits per heavy atom. The fourth-order valence-electron chi connectivity index (χ4n) is 3.18. The van der Waals surface area contributed by atoms with Crippen molar-refractivity contribution in [1.29, 1.82) is 0 Å². The van der Waals surface area contributed by atoms with Gasteiger partial charge in [0.25, 0.3) is 5.91 Å². The summed E-state index contributed by atoms with van der Waals surface area (Å²) in [5.41, 5.74) is 2.62. The summed E-state index contributed by atoms with van der Waals surface area (Å²) >= 11 is 0. The number of rotatable bonds is 6. The summed E-state index contributed by atoms with van der Waals surface area (Å²) in [6.07, 6.45) is 0.772. The number of morpholine rings is 1. The van der Waals surface area contributed by atoms with Gasteiger partial charge in [0.2, 0.25) is 0 Å². The molecule has 1 atom stereocenters. The Balaban J connectivity index is 1.53. The van der Waals surface area contributed by atoms with E-state index >= 15 is 0 Å². The van der Waals surface area contributed by atoms with Gasteiger partial charge in [-0.3, -0.25) is 9.69 Å². The number of hydrogen-bond acceptors (Lipinski definition) is 4. The number of phenolic OH excluding ortho intramolecular Hbond substituents is 1. The predicted octanol–water partition coefficient (Wildman–Crippen LogP) is 2.59. The smallest absolute Gasteiger partial charge is 0.255 e. The van der Waals surface area contributed by atoms with Crippen LogP contribution in [0.25, 0.3) is 0 Å².